The number of amides is 6. The molecule has 23 nitrogen and oxygen atoms in total. The van der Waals surface area contributed by atoms with Crippen LogP contribution in [0.4, 0.5) is 5.69 Å². The van der Waals surface area contributed by atoms with Crippen LogP contribution in [-0.2, 0) is 33.4 Å². The highest BCUT2D eigenvalue weighted by atomic mass is 35.5. The number of aryl methyl sites for hydroxylation is 2. The maximum atomic E-state index is 13.9. The molecule has 0 bridgehead atoms. The van der Waals surface area contributed by atoms with Crippen molar-refractivity contribution in [1.29, 1.82) is 0 Å². The molecule has 2 unspecified atom stereocenters. The van der Waals surface area contributed by atoms with Crippen molar-refractivity contribution in [1.82, 2.24) is 35.2 Å². The lowest BCUT2D eigenvalue weighted by molar-refractivity contribution is -0.386. The maximum absolute atomic E-state index is 13.9. The number of carbonyl (C=O) groups is 6. The van der Waals surface area contributed by atoms with E-state index in [1.165, 1.54) is 37.3 Å². The van der Waals surface area contributed by atoms with E-state index in [4.69, 9.17) is 45.0 Å². The van der Waals surface area contributed by atoms with Crippen molar-refractivity contribution >= 4 is 69.8 Å². The van der Waals surface area contributed by atoms with Crippen LogP contribution in [0.25, 0.3) is 5.00 Å². The maximum Gasteiger partial charge on any atom is 0.279 e. The first-order chi connectivity index (χ1) is 36.1. The van der Waals surface area contributed by atoms with E-state index in [0.29, 0.717) is 16.7 Å². The quantitative estimate of drug-likeness (QED) is 0.0422. The number of aliphatic imine (C=N–C) groups is 1. The number of thiophene rings is 1. The minimum absolute atomic E-state index is 0.0287. The van der Waals surface area contributed by atoms with Gasteiger partial charge in [0.15, 0.2) is 23.9 Å². The van der Waals surface area contributed by atoms with Gasteiger partial charge in [0.05, 0.1) is 72.3 Å². The van der Waals surface area contributed by atoms with Crippen molar-refractivity contribution in [3.05, 3.63) is 120 Å². The Kier molecular flexibility index (Phi) is 15.6. The van der Waals surface area contributed by atoms with E-state index >= 15 is 0 Å². The molecule has 3 atom stereocenters. The lowest BCUT2D eigenvalue weighted by atomic mass is 9.99. The number of likely N-dealkylation sites (tertiary alicyclic amines) is 1. The molecule has 4 aliphatic heterocycles. The van der Waals surface area contributed by atoms with Gasteiger partial charge in [-0.15, -0.1) is 21.5 Å². The smallest absolute Gasteiger partial charge is 0.279 e. The molecule has 25 heteroatoms. The number of hydrogen-bond donors (Lipinski definition) is 2. The molecule has 1 saturated heterocycles. The molecule has 2 aromatic heterocycles. The van der Waals surface area contributed by atoms with Gasteiger partial charge in [-0.1, -0.05) is 29.8 Å². The van der Waals surface area contributed by atoms with Crippen molar-refractivity contribution in [2.45, 2.75) is 65.1 Å². The average molecular weight is 1070 g/mol. The Morgan fingerprint density at radius 3 is 2.35 bits per heavy atom. The van der Waals surface area contributed by atoms with Gasteiger partial charge in [-0.25, -0.2) is 0 Å². The molecule has 3 aromatic carbocycles. The van der Waals surface area contributed by atoms with Gasteiger partial charge in [-0.3, -0.25) is 58.2 Å². The highest BCUT2D eigenvalue weighted by molar-refractivity contribution is 7.15. The summed E-state index contributed by atoms with van der Waals surface area (Å²) in [6.07, 6.45) is -1.33. The van der Waals surface area contributed by atoms with Crippen molar-refractivity contribution in [2.24, 2.45) is 4.99 Å². The number of halogens is 1. The van der Waals surface area contributed by atoms with Gasteiger partial charge in [0, 0.05) is 40.5 Å². The van der Waals surface area contributed by atoms with Crippen molar-refractivity contribution in [2.75, 3.05) is 59.6 Å². The van der Waals surface area contributed by atoms with Crippen LogP contribution in [0.2, 0.25) is 5.02 Å². The number of nitrogens with zero attached hydrogens (tertiary/aromatic N) is 7. The Morgan fingerprint density at radius 1 is 0.920 bits per heavy atom. The average Bonchev–Trinajstić information content (AvgIpc) is 4.15. The van der Waals surface area contributed by atoms with Crippen LogP contribution in [0, 0.1) is 30.9 Å². The molecule has 5 aromatic rings. The zero-order valence-electron chi connectivity index (χ0n) is 41.0. The fraction of sp³-hybridized carbons (Fsp3) is 0.380. The Hall–Kier alpha value is -7.64. The van der Waals surface area contributed by atoms with Gasteiger partial charge < -0.3 is 39.1 Å². The number of aromatic nitrogens is 3. The third-order valence-electron chi connectivity index (χ3n) is 12.9. The topological polar surface area (TPSA) is 275 Å². The summed E-state index contributed by atoms with van der Waals surface area (Å²) in [5.74, 6) is -2.25. The Bertz CT molecular complexity index is 3140. The number of rotatable bonds is 21. The summed E-state index contributed by atoms with van der Waals surface area (Å²) in [6, 6.07) is 12.3. The fourth-order valence-corrected chi connectivity index (χ4v) is 10.3. The summed E-state index contributed by atoms with van der Waals surface area (Å²) in [6.45, 7) is 7.40. The first kappa shape index (κ1) is 52.2. The van der Waals surface area contributed by atoms with E-state index < -0.39 is 66.0 Å². The van der Waals surface area contributed by atoms with Crippen LogP contribution in [-0.4, -0.2) is 136 Å². The van der Waals surface area contributed by atoms with Gasteiger partial charge in [-0.2, -0.15) is 0 Å². The molecule has 2 N–H and O–H groups in total. The summed E-state index contributed by atoms with van der Waals surface area (Å²) < 4.78 is 35.3. The van der Waals surface area contributed by atoms with Gasteiger partial charge >= 0.3 is 0 Å². The number of nitrogens with one attached hydrogen (secondary N) is 2. The molecular weight excluding hydrogens is 1020 g/mol. The third-order valence-corrected chi connectivity index (χ3v) is 14.4. The van der Waals surface area contributed by atoms with Gasteiger partial charge in [0.2, 0.25) is 18.6 Å². The minimum Gasteiger partial charge on any atom is -0.483 e. The van der Waals surface area contributed by atoms with E-state index in [0.717, 1.165) is 42.1 Å². The second-order valence-electron chi connectivity index (χ2n) is 17.7. The molecule has 0 saturated carbocycles. The van der Waals surface area contributed by atoms with Crippen LogP contribution in [0.5, 0.6) is 17.2 Å². The number of imide groups is 2. The predicted octanol–water partition coefficient (Wildman–Crippen LogP) is 5.02. The van der Waals surface area contributed by atoms with Crippen LogP contribution in [0.3, 0.4) is 0 Å². The number of piperidine rings is 1. The third kappa shape index (κ3) is 10.8. The molecular formula is C50H50ClN9O14S. The number of hydrogen-bond acceptors (Lipinski definition) is 18. The van der Waals surface area contributed by atoms with Crippen LogP contribution < -0.4 is 24.8 Å². The monoisotopic (exact) mass is 1070 g/mol. The van der Waals surface area contributed by atoms with Crippen molar-refractivity contribution < 1.29 is 62.1 Å². The zero-order valence-corrected chi connectivity index (χ0v) is 42.6. The lowest BCUT2D eigenvalue weighted by Gasteiger charge is -2.34. The van der Waals surface area contributed by atoms with Crippen LogP contribution in [0.1, 0.15) is 97.8 Å². The van der Waals surface area contributed by atoms with E-state index in [2.05, 4.69) is 34.7 Å². The number of ether oxygens (including phenoxy) is 6. The largest absolute Gasteiger partial charge is 0.483 e. The second kappa shape index (κ2) is 22.5. The molecule has 392 valence electrons. The highest BCUT2D eigenvalue weighted by Crippen LogP contribution is 2.42. The molecule has 0 radical (unpaired) electrons. The number of nitro benzene ring substituents is 1. The molecule has 0 spiro atoms. The minimum atomic E-state index is -1.37. The number of benzene rings is 3. The SMILES string of the molecule is Cc1sc2c(c1C)C(c1ccc(Cl)cc1)=N[C@@H](CC(=O)NCCOCCOCCNC(=O)COc1cccc3c1C(=O)N(C1CCC(=O)N(COC(C)c4cc5c(cc4[N+](=O)[O-])OCO5)C1=O)C3=O)c1nnc(C)n1-2. The van der Waals surface area contributed by atoms with E-state index in [1.807, 2.05) is 35.8 Å². The molecule has 9 rings (SSSR count). The summed E-state index contributed by atoms with van der Waals surface area (Å²) in [5.41, 5.74) is 3.29. The molecule has 1 fully saturated rings. The first-order valence-electron chi connectivity index (χ1n) is 23.8. The lowest BCUT2D eigenvalue weighted by Crippen LogP contribution is -2.56. The summed E-state index contributed by atoms with van der Waals surface area (Å²) in [5, 5.41) is 27.7. The van der Waals surface area contributed by atoms with E-state index in [-0.39, 0.29) is 111 Å². The van der Waals surface area contributed by atoms with Crippen LogP contribution >= 0.6 is 22.9 Å². The first-order valence-corrected chi connectivity index (χ1v) is 25.0. The molecule has 0 aliphatic carbocycles. The highest BCUT2D eigenvalue weighted by Gasteiger charge is 2.48. The number of nitro groups is 1. The predicted molar refractivity (Wildman–Crippen MR) is 266 cm³/mol. The molecule has 6 heterocycles. The van der Waals surface area contributed by atoms with Crippen molar-refractivity contribution in [3.8, 4) is 22.2 Å². The Balaban J connectivity index is 0.691. The van der Waals surface area contributed by atoms with Gasteiger partial charge in [-0.05, 0) is 70.0 Å². The summed E-state index contributed by atoms with van der Waals surface area (Å²) in [4.78, 5) is 99.3. The van der Waals surface area contributed by atoms with Crippen molar-refractivity contribution in [3.63, 3.8) is 0 Å². The molecule has 4 aliphatic rings. The summed E-state index contributed by atoms with van der Waals surface area (Å²) >= 11 is 7.85. The number of fused-ring (bicyclic) bond motifs is 5. The fourth-order valence-electron chi connectivity index (χ4n) is 9.00. The number of carbonyl (C=O) groups excluding carboxylic acids is 6. The van der Waals surface area contributed by atoms with E-state index in [9.17, 15) is 38.9 Å². The van der Waals surface area contributed by atoms with E-state index in [1.54, 1.807) is 11.3 Å². The zero-order chi connectivity index (χ0) is 53.1. The Morgan fingerprint density at radius 2 is 1.63 bits per heavy atom. The van der Waals surface area contributed by atoms with Gasteiger partial charge in [0.1, 0.15) is 35.4 Å². The summed E-state index contributed by atoms with van der Waals surface area (Å²) in [7, 11) is 0. The molecule has 6 amide bonds. The molecule has 75 heavy (non-hydrogen) atoms. The second-order valence-corrected chi connectivity index (χ2v) is 19.3. The standard InChI is InChI=1S/C50H50ClN9O14S/c1-26-28(3)75-50-43(26)45(30-8-10-31(51)11-9-30)54-34(46-56-55-29(4)58(46)50)21-40(61)52-14-16-69-18-19-70-17-15-53-41(62)23-71-37-7-5-6-32-44(37)49(66)59(47(32)64)35-12-13-42(63)57(48(35)65)24-72-27(2)33-20-38-39(74-25-73-38)22-36(33)60(67)68/h5-11,20,22,27,34-35H,12-19,21,23-25H2,1-4H3,(H,52,61)(H,53,62)/t27?,34-,35?/m0/s1. The Labute approximate surface area is 437 Å². The van der Waals surface area contributed by atoms with Gasteiger partial charge in [0.25, 0.3) is 29.3 Å². The van der Waals surface area contributed by atoms with Crippen LogP contribution in [0.15, 0.2) is 59.6 Å². The normalized spacial score (nSPS) is 17.1.